The number of amides is 1. The summed E-state index contributed by atoms with van der Waals surface area (Å²) in [6, 6.07) is 8.92. The molecule has 0 bridgehead atoms. The van der Waals surface area contributed by atoms with Crippen molar-refractivity contribution in [1.82, 2.24) is 4.31 Å². The van der Waals surface area contributed by atoms with E-state index >= 15 is 0 Å². The highest BCUT2D eigenvalue weighted by molar-refractivity contribution is 7.89. The molecule has 1 N–H and O–H groups in total. The van der Waals surface area contributed by atoms with Gasteiger partial charge in [-0.05, 0) is 50.6 Å². The minimum atomic E-state index is -3.77. The molecule has 0 spiro atoms. The van der Waals surface area contributed by atoms with Gasteiger partial charge in [0.2, 0.25) is 10.0 Å². The monoisotopic (exact) mass is 468 g/mol. The maximum atomic E-state index is 13.0. The second kappa shape index (κ2) is 10.8. The number of nitrogens with zero attached hydrogens (tertiary/aromatic N) is 1. The minimum Gasteiger partial charge on any atom is -0.497 e. The standard InChI is InChI=1S/C22H29ClN2O5S/c1-6-7-12-30-21-11-8-16(29-5)13-20(21)24-22(26)18-14-17(9-10-19(18)23)31(27,28)25(4)15(2)3/h8-11,13-15H,6-7,12H2,1-5H3,(H,24,26). The third kappa shape index (κ3) is 6.12. The largest absolute Gasteiger partial charge is 0.497 e. The fourth-order valence-corrected chi connectivity index (χ4v) is 4.26. The Morgan fingerprint density at radius 1 is 1.19 bits per heavy atom. The van der Waals surface area contributed by atoms with E-state index in [2.05, 4.69) is 12.2 Å². The van der Waals surface area contributed by atoms with Crippen LogP contribution in [0.1, 0.15) is 44.0 Å². The van der Waals surface area contributed by atoms with Crippen LogP contribution in [0.5, 0.6) is 11.5 Å². The number of ether oxygens (including phenoxy) is 2. The number of rotatable bonds is 10. The van der Waals surface area contributed by atoms with Crippen molar-refractivity contribution in [3.05, 3.63) is 47.0 Å². The van der Waals surface area contributed by atoms with E-state index in [4.69, 9.17) is 21.1 Å². The number of hydrogen-bond acceptors (Lipinski definition) is 5. The summed E-state index contributed by atoms with van der Waals surface area (Å²) >= 11 is 6.23. The van der Waals surface area contributed by atoms with Gasteiger partial charge in [-0.1, -0.05) is 24.9 Å². The number of nitrogens with one attached hydrogen (secondary N) is 1. The molecule has 7 nitrogen and oxygen atoms in total. The molecule has 0 aliphatic heterocycles. The first-order valence-electron chi connectivity index (χ1n) is 10.0. The second-order valence-electron chi connectivity index (χ2n) is 7.27. The van der Waals surface area contributed by atoms with Crippen LogP contribution < -0.4 is 14.8 Å². The van der Waals surface area contributed by atoms with Crippen LogP contribution in [0.4, 0.5) is 5.69 Å². The molecule has 0 atom stereocenters. The van der Waals surface area contributed by atoms with Gasteiger partial charge in [-0.15, -0.1) is 0 Å². The lowest BCUT2D eigenvalue weighted by Gasteiger charge is -2.21. The van der Waals surface area contributed by atoms with Crippen molar-refractivity contribution >= 4 is 33.2 Å². The van der Waals surface area contributed by atoms with Gasteiger partial charge in [0.25, 0.3) is 5.91 Å². The SMILES string of the molecule is CCCCOc1ccc(OC)cc1NC(=O)c1cc(S(=O)(=O)N(C)C(C)C)ccc1Cl. The molecule has 31 heavy (non-hydrogen) atoms. The number of halogens is 1. The molecule has 0 heterocycles. The van der Waals surface area contributed by atoms with Crippen molar-refractivity contribution in [2.24, 2.45) is 0 Å². The predicted molar refractivity (Wildman–Crippen MR) is 123 cm³/mol. The van der Waals surface area contributed by atoms with E-state index in [-0.39, 0.29) is 21.5 Å². The van der Waals surface area contributed by atoms with Crippen LogP contribution in [0.2, 0.25) is 5.02 Å². The summed E-state index contributed by atoms with van der Waals surface area (Å²) < 4.78 is 37.9. The number of hydrogen-bond donors (Lipinski definition) is 1. The summed E-state index contributed by atoms with van der Waals surface area (Å²) in [5, 5.41) is 2.90. The molecule has 2 aromatic rings. The van der Waals surface area contributed by atoms with Crippen molar-refractivity contribution in [3.8, 4) is 11.5 Å². The lowest BCUT2D eigenvalue weighted by atomic mass is 10.2. The number of benzene rings is 2. The molecule has 0 aliphatic carbocycles. The maximum absolute atomic E-state index is 13.0. The maximum Gasteiger partial charge on any atom is 0.257 e. The Morgan fingerprint density at radius 3 is 2.52 bits per heavy atom. The van der Waals surface area contributed by atoms with Crippen molar-refractivity contribution in [1.29, 1.82) is 0 Å². The van der Waals surface area contributed by atoms with Gasteiger partial charge in [0.05, 0.1) is 34.9 Å². The van der Waals surface area contributed by atoms with E-state index in [9.17, 15) is 13.2 Å². The molecule has 0 fully saturated rings. The summed E-state index contributed by atoms with van der Waals surface area (Å²) in [6.45, 7) is 6.09. The lowest BCUT2D eigenvalue weighted by molar-refractivity contribution is 0.102. The first-order chi connectivity index (χ1) is 14.6. The Morgan fingerprint density at radius 2 is 1.90 bits per heavy atom. The zero-order valence-corrected chi connectivity index (χ0v) is 20.0. The van der Waals surface area contributed by atoms with E-state index in [0.29, 0.717) is 23.8 Å². The minimum absolute atomic E-state index is 0.0108. The van der Waals surface area contributed by atoms with Crippen LogP contribution in [-0.4, -0.2) is 45.4 Å². The van der Waals surface area contributed by atoms with Crippen LogP contribution in [-0.2, 0) is 10.0 Å². The Hall–Kier alpha value is -2.29. The smallest absolute Gasteiger partial charge is 0.257 e. The average molecular weight is 469 g/mol. The number of methoxy groups -OCH3 is 1. The van der Waals surface area contributed by atoms with Gasteiger partial charge in [0.15, 0.2) is 0 Å². The number of unbranched alkanes of at least 4 members (excludes halogenated alkanes) is 1. The Bertz CT molecular complexity index is 1020. The highest BCUT2D eigenvalue weighted by Gasteiger charge is 2.25. The molecular formula is C22H29ClN2O5S. The summed E-state index contributed by atoms with van der Waals surface area (Å²) in [4.78, 5) is 13.0. The Balaban J connectivity index is 2.38. The van der Waals surface area contributed by atoms with E-state index in [1.54, 1.807) is 32.0 Å². The van der Waals surface area contributed by atoms with E-state index < -0.39 is 15.9 Å². The molecule has 0 aliphatic rings. The molecule has 2 rings (SSSR count). The van der Waals surface area contributed by atoms with Gasteiger partial charge in [-0.2, -0.15) is 4.31 Å². The highest BCUT2D eigenvalue weighted by atomic mass is 35.5. The van der Waals surface area contributed by atoms with Crippen LogP contribution in [0.3, 0.4) is 0 Å². The lowest BCUT2D eigenvalue weighted by Crippen LogP contribution is -2.33. The number of carbonyl (C=O) groups is 1. The molecule has 0 saturated carbocycles. The average Bonchev–Trinajstić information content (AvgIpc) is 2.74. The van der Waals surface area contributed by atoms with E-state index in [1.807, 2.05) is 0 Å². The van der Waals surface area contributed by atoms with E-state index in [0.717, 1.165) is 12.8 Å². The molecular weight excluding hydrogens is 440 g/mol. The number of carbonyl (C=O) groups excluding carboxylic acids is 1. The highest BCUT2D eigenvalue weighted by Crippen LogP contribution is 2.31. The Kier molecular flexibility index (Phi) is 8.73. The van der Waals surface area contributed by atoms with Crippen LogP contribution in [0, 0.1) is 0 Å². The fraction of sp³-hybridized carbons (Fsp3) is 0.409. The number of sulfonamides is 1. The van der Waals surface area contributed by atoms with Gasteiger partial charge < -0.3 is 14.8 Å². The van der Waals surface area contributed by atoms with Crippen LogP contribution in [0.25, 0.3) is 0 Å². The van der Waals surface area contributed by atoms with Gasteiger partial charge >= 0.3 is 0 Å². The number of anilines is 1. The van der Waals surface area contributed by atoms with Crippen LogP contribution in [0.15, 0.2) is 41.3 Å². The molecule has 0 unspecified atom stereocenters. The Labute approximate surface area is 189 Å². The first kappa shape index (κ1) is 25.0. The topological polar surface area (TPSA) is 84.9 Å². The molecule has 0 radical (unpaired) electrons. The van der Waals surface area contributed by atoms with Gasteiger partial charge in [-0.25, -0.2) is 8.42 Å². The molecule has 2 aromatic carbocycles. The molecule has 0 saturated heterocycles. The summed E-state index contributed by atoms with van der Waals surface area (Å²) in [6.07, 6.45) is 1.84. The zero-order valence-electron chi connectivity index (χ0n) is 18.4. The normalized spacial score (nSPS) is 11.6. The van der Waals surface area contributed by atoms with Gasteiger partial charge in [0.1, 0.15) is 11.5 Å². The van der Waals surface area contributed by atoms with Crippen LogP contribution >= 0.6 is 11.6 Å². The van der Waals surface area contributed by atoms with E-state index in [1.165, 1.54) is 36.7 Å². The van der Waals surface area contributed by atoms with Gasteiger partial charge in [-0.3, -0.25) is 4.79 Å². The van der Waals surface area contributed by atoms with Crippen molar-refractivity contribution in [3.63, 3.8) is 0 Å². The zero-order chi connectivity index (χ0) is 23.2. The van der Waals surface area contributed by atoms with Crippen molar-refractivity contribution in [2.75, 3.05) is 26.1 Å². The molecule has 9 heteroatoms. The first-order valence-corrected chi connectivity index (χ1v) is 11.8. The summed E-state index contributed by atoms with van der Waals surface area (Å²) in [5.74, 6) is 0.476. The third-order valence-electron chi connectivity index (χ3n) is 4.78. The van der Waals surface area contributed by atoms with Gasteiger partial charge in [0, 0.05) is 19.2 Å². The summed E-state index contributed by atoms with van der Waals surface area (Å²) in [5.41, 5.74) is 0.450. The van der Waals surface area contributed by atoms with Crippen molar-refractivity contribution in [2.45, 2.75) is 44.6 Å². The molecule has 1 amide bonds. The third-order valence-corrected chi connectivity index (χ3v) is 7.14. The fourth-order valence-electron chi connectivity index (χ4n) is 2.66. The molecule has 170 valence electrons. The summed E-state index contributed by atoms with van der Waals surface area (Å²) in [7, 11) is -0.754. The molecule has 0 aromatic heterocycles. The predicted octanol–water partition coefficient (Wildman–Crippen LogP) is 4.81. The van der Waals surface area contributed by atoms with Crippen molar-refractivity contribution < 1.29 is 22.7 Å². The quantitative estimate of drug-likeness (QED) is 0.506. The second-order valence-corrected chi connectivity index (χ2v) is 9.68.